The topological polar surface area (TPSA) is 56.7 Å². The largest absolute Gasteiger partial charge is 0.369 e. The summed E-state index contributed by atoms with van der Waals surface area (Å²) in [7, 11) is 0. The third-order valence-electron chi connectivity index (χ3n) is 2.59. The molecule has 2 N–H and O–H groups in total. The van der Waals surface area contributed by atoms with Crippen LogP contribution in [0, 0.1) is 11.6 Å². The second kappa shape index (κ2) is 3.76. The zero-order valence-corrected chi connectivity index (χ0v) is 9.14. The maximum absolute atomic E-state index is 13.2. The van der Waals surface area contributed by atoms with Crippen LogP contribution in [0.4, 0.5) is 14.7 Å². The van der Waals surface area contributed by atoms with Gasteiger partial charge in [0.05, 0.1) is 17.4 Å². The monoisotopic (exact) mass is 246 g/mol. The first-order chi connectivity index (χ1) is 8.65. The predicted molar refractivity (Wildman–Crippen MR) is 63.2 cm³/mol. The molecule has 0 spiro atoms. The van der Waals surface area contributed by atoms with Crippen molar-refractivity contribution in [2.75, 3.05) is 5.73 Å². The van der Waals surface area contributed by atoms with Crippen LogP contribution in [0.2, 0.25) is 0 Å². The highest BCUT2D eigenvalue weighted by Gasteiger charge is 2.11. The van der Waals surface area contributed by atoms with Gasteiger partial charge in [-0.25, -0.2) is 13.8 Å². The fourth-order valence-electron chi connectivity index (χ4n) is 1.89. The fourth-order valence-corrected chi connectivity index (χ4v) is 1.89. The molecule has 90 valence electrons. The van der Waals surface area contributed by atoms with Gasteiger partial charge in [-0.05, 0) is 18.2 Å². The summed E-state index contributed by atoms with van der Waals surface area (Å²) in [6.45, 7) is 0. The number of benzene rings is 1. The molecule has 3 rings (SSSR count). The first kappa shape index (κ1) is 10.6. The SMILES string of the molecule is Nc1nc2cnccc2n1-c1cc(F)cc(F)c1. The van der Waals surface area contributed by atoms with E-state index in [1.54, 1.807) is 12.3 Å². The highest BCUT2D eigenvalue weighted by Crippen LogP contribution is 2.23. The first-order valence-corrected chi connectivity index (χ1v) is 5.19. The highest BCUT2D eigenvalue weighted by atomic mass is 19.1. The van der Waals surface area contributed by atoms with E-state index in [2.05, 4.69) is 9.97 Å². The Balaban J connectivity index is 2.34. The number of halogens is 2. The van der Waals surface area contributed by atoms with Crippen LogP contribution in [-0.2, 0) is 0 Å². The molecule has 2 heterocycles. The van der Waals surface area contributed by atoms with E-state index >= 15 is 0 Å². The number of nitrogens with zero attached hydrogens (tertiary/aromatic N) is 3. The molecule has 0 fully saturated rings. The predicted octanol–water partition coefficient (Wildman–Crippen LogP) is 2.28. The number of nitrogens with two attached hydrogens (primary N) is 1. The van der Waals surface area contributed by atoms with Gasteiger partial charge in [0.1, 0.15) is 17.2 Å². The lowest BCUT2D eigenvalue weighted by atomic mass is 10.3. The molecule has 3 aromatic rings. The van der Waals surface area contributed by atoms with Crippen molar-refractivity contribution in [1.82, 2.24) is 14.5 Å². The number of hydrogen-bond acceptors (Lipinski definition) is 3. The van der Waals surface area contributed by atoms with Crippen molar-refractivity contribution in [3.8, 4) is 5.69 Å². The summed E-state index contributed by atoms with van der Waals surface area (Å²) in [5.74, 6) is -1.18. The second-order valence-electron chi connectivity index (χ2n) is 3.80. The Hall–Kier alpha value is -2.50. The second-order valence-corrected chi connectivity index (χ2v) is 3.80. The van der Waals surface area contributed by atoms with E-state index in [1.165, 1.54) is 22.9 Å². The van der Waals surface area contributed by atoms with E-state index in [1.807, 2.05) is 0 Å². The number of aromatic nitrogens is 3. The number of anilines is 1. The molecule has 0 bridgehead atoms. The zero-order chi connectivity index (χ0) is 12.7. The molecular formula is C12H8F2N4. The zero-order valence-electron chi connectivity index (χ0n) is 9.14. The van der Waals surface area contributed by atoms with Crippen LogP contribution in [0.15, 0.2) is 36.7 Å². The fraction of sp³-hybridized carbons (Fsp3) is 0. The lowest BCUT2D eigenvalue weighted by molar-refractivity contribution is 0.582. The summed E-state index contributed by atoms with van der Waals surface area (Å²) >= 11 is 0. The Labute approximate surface area is 101 Å². The summed E-state index contributed by atoms with van der Waals surface area (Å²) in [4.78, 5) is 8.00. The molecule has 0 aliphatic heterocycles. The van der Waals surface area contributed by atoms with Crippen LogP contribution in [-0.4, -0.2) is 14.5 Å². The van der Waals surface area contributed by atoms with Crippen LogP contribution >= 0.6 is 0 Å². The van der Waals surface area contributed by atoms with Crippen molar-refractivity contribution in [2.24, 2.45) is 0 Å². The summed E-state index contributed by atoms with van der Waals surface area (Å²) in [6.07, 6.45) is 3.10. The van der Waals surface area contributed by atoms with Crippen LogP contribution in [0.25, 0.3) is 16.7 Å². The lowest BCUT2D eigenvalue weighted by Gasteiger charge is -2.06. The van der Waals surface area contributed by atoms with Gasteiger partial charge in [-0.15, -0.1) is 0 Å². The van der Waals surface area contributed by atoms with E-state index in [4.69, 9.17) is 5.73 Å². The van der Waals surface area contributed by atoms with E-state index in [-0.39, 0.29) is 5.95 Å². The minimum atomic E-state index is -0.666. The number of fused-ring (bicyclic) bond motifs is 1. The molecule has 0 atom stereocenters. The van der Waals surface area contributed by atoms with Crippen LogP contribution in [0.5, 0.6) is 0 Å². The van der Waals surface area contributed by atoms with Crippen molar-refractivity contribution in [3.63, 3.8) is 0 Å². The van der Waals surface area contributed by atoms with Crippen LogP contribution in [0.1, 0.15) is 0 Å². The molecule has 0 unspecified atom stereocenters. The highest BCUT2D eigenvalue weighted by molar-refractivity contribution is 5.79. The Morgan fingerprint density at radius 2 is 1.83 bits per heavy atom. The average molecular weight is 246 g/mol. The number of imidazole rings is 1. The molecule has 0 saturated carbocycles. The number of pyridine rings is 1. The van der Waals surface area contributed by atoms with Crippen molar-refractivity contribution < 1.29 is 8.78 Å². The van der Waals surface area contributed by atoms with Crippen molar-refractivity contribution >= 4 is 17.0 Å². The quantitative estimate of drug-likeness (QED) is 0.716. The summed E-state index contributed by atoms with van der Waals surface area (Å²) in [6, 6.07) is 4.88. The van der Waals surface area contributed by atoms with Gasteiger partial charge in [0, 0.05) is 12.3 Å². The van der Waals surface area contributed by atoms with Crippen molar-refractivity contribution in [1.29, 1.82) is 0 Å². The maximum Gasteiger partial charge on any atom is 0.205 e. The van der Waals surface area contributed by atoms with Gasteiger partial charge in [0.15, 0.2) is 0 Å². The van der Waals surface area contributed by atoms with Crippen LogP contribution < -0.4 is 5.73 Å². The van der Waals surface area contributed by atoms with E-state index < -0.39 is 11.6 Å². The van der Waals surface area contributed by atoms with Crippen LogP contribution in [0.3, 0.4) is 0 Å². The Morgan fingerprint density at radius 3 is 2.56 bits per heavy atom. The molecule has 0 radical (unpaired) electrons. The normalized spacial score (nSPS) is 11.0. The molecule has 4 nitrogen and oxygen atoms in total. The minimum Gasteiger partial charge on any atom is -0.369 e. The molecular weight excluding hydrogens is 238 g/mol. The first-order valence-electron chi connectivity index (χ1n) is 5.19. The van der Waals surface area contributed by atoms with Crippen molar-refractivity contribution in [3.05, 3.63) is 48.3 Å². The van der Waals surface area contributed by atoms with E-state index in [0.717, 1.165) is 6.07 Å². The number of nitrogen functional groups attached to an aromatic ring is 1. The summed E-state index contributed by atoms with van der Waals surface area (Å²) < 4.78 is 27.9. The Morgan fingerprint density at radius 1 is 1.11 bits per heavy atom. The third kappa shape index (κ3) is 1.58. The van der Waals surface area contributed by atoms with Gasteiger partial charge >= 0.3 is 0 Å². The maximum atomic E-state index is 13.2. The van der Waals surface area contributed by atoms with Crippen molar-refractivity contribution in [2.45, 2.75) is 0 Å². The molecule has 0 aliphatic rings. The molecule has 0 amide bonds. The van der Waals surface area contributed by atoms with Gasteiger partial charge < -0.3 is 5.73 Å². The number of rotatable bonds is 1. The average Bonchev–Trinajstić information content (AvgIpc) is 2.63. The summed E-state index contributed by atoms with van der Waals surface area (Å²) in [5, 5.41) is 0. The standard InChI is InChI=1S/C12H8F2N4/c13-7-3-8(14)5-9(4-7)18-11-1-2-16-6-10(11)17-12(18)15/h1-6H,(H2,15,17). The lowest BCUT2D eigenvalue weighted by Crippen LogP contribution is -2.01. The molecule has 18 heavy (non-hydrogen) atoms. The van der Waals surface area contributed by atoms with E-state index in [9.17, 15) is 8.78 Å². The number of hydrogen-bond donors (Lipinski definition) is 1. The third-order valence-corrected chi connectivity index (χ3v) is 2.59. The molecule has 0 saturated heterocycles. The van der Waals surface area contributed by atoms with Gasteiger partial charge in [-0.2, -0.15) is 0 Å². The van der Waals surface area contributed by atoms with Gasteiger partial charge in [-0.1, -0.05) is 0 Å². The molecule has 0 aliphatic carbocycles. The smallest absolute Gasteiger partial charge is 0.205 e. The molecule has 1 aromatic carbocycles. The molecule has 6 heteroatoms. The van der Waals surface area contributed by atoms with E-state index in [0.29, 0.717) is 16.7 Å². The minimum absolute atomic E-state index is 0.156. The van der Waals surface area contributed by atoms with Gasteiger partial charge in [0.2, 0.25) is 5.95 Å². The Bertz CT molecular complexity index is 716. The molecule has 2 aromatic heterocycles. The Kier molecular flexibility index (Phi) is 2.22. The summed E-state index contributed by atoms with van der Waals surface area (Å²) in [5.41, 5.74) is 7.27. The van der Waals surface area contributed by atoms with Gasteiger partial charge in [0.25, 0.3) is 0 Å². The van der Waals surface area contributed by atoms with Gasteiger partial charge in [-0.3, -0.25) is 9.55 Å².